The van der Waals surface area contributed by atoms with Crippen LogP contribution in [0.4, 0.5) is 10.5 Å². The van der Waals surface area contributed by atoms with E-state index in [1.54, 1.807) is 12.1 Å². The van der Waals surface area contributed by atoms with E-state index in [1.165, 1.54) is 0 Å². The fourth-order valence-corrected chi connectivity index (χ4v) is 1.08. The number of urea groups is 1. The summed E-state index contributed by atoms with van der Waals surface area (Å²) < 4.78 is 0. The molecule has 0 unspecified atom stereocenters. The van der Waals surface area contributed by atoms with Crippen LogP contribution in [0.3, 0.4) is 0 Å². The van der Waals surface area contributed by atoms with Crippen molar-refractivity contribution in [2.24, 2.45) is 5.84 Å². The Morgan fingerprint density at radius 1 is 1.54 bits per heavy atom. The van der Waals surface area contributed by atoms with Gasteiger partial charge in [0.1, 0.15) is 0 Å². The second-order valence-corrected chi connectivity index (χ2v) is 2.91. The van der Waals surface area contributed by atoms with Crippen LogP contribution in [0.2, 0.25) is 5.02 Å². The lowest BCUT2D eigenvalue weighted by Crippen LogP contribution is -2.34. The lowest BCUT2D eigenvalue weighted by atomic mass is 10.2. The molecule has 1 aromatic rings. The molecular formula is C8H10ClN3O. The van der Waals surface area contributed by atoms with Gasteiger partial charge in [-0.2, -0.15) is 0 Å². The molecule has 13 heavy (non-hydrogen) atoms. The number of hydrogen-bond donors (Lipinski definition) is 3. The maximum Gasteiger partial charge on any atom is 0.333 e. The number of aryl methyl sites for hydroxylation is 1. The predicted octanol–water partition coefficient (Wildman–Crippen LogP) is 1.64. The summed E-state index contributed by atoms with van der Waals surface area (Å²) in [5.41, 5.74) is 3.40. The maximum absolute atomic E-state index is 10.8. The molecule has 0 spiro atoms. The van der Waals surface area contributed by atoms with Crippen LogP contribution in [-0.4, -0.2) is 6.03 Å². The molecule has 1 aromatic carbocycles. The van der Waals surface area contributed by atoms with Gasteiger partial charge in [-0.15, -0.1) is 0 Å². The van der Waals surface area contributed by atoms with E-state index < -0.39 is 6.03 Å². The number of carbonyl (C=O) groups excluding carboxylic acids is 1. The SMILES string of the molecule is Cc1cccc(NC(=O)NN)c1Cl. The van der Waals surface area contributed by atoms with Crippen molar-refractivity contribution in [1.82, 2.24) is 5.43 Å². The van der Waals surface area contributed by atoms with E-state index in [0.717, 1.165) is 5.56 Å². The molecular weight excluding hydrogens is 190 g/mol. The van der Waals surface area contributed by atoms with Gasteiger partial charge >= 0.3 is 6.03 Å². The smallest absolute Gasteiger partial charge is 0.305 e. The first kappa shape index (κ1) is 9.83. The number of hydrazine groups is 1. The summed E-state index contributed by atoms with van der Waals surface area (Å²) in [7, 11) is 0. The lowest BCUT2D eigenvalue weighted by molar-refractivity contribution is 0.252. The number of anilines is 1. The Labute approximate surface area is 81.0 Å². The maximum atomic E-state index is 10.8. The Hall–Kier alpha value is -1.26. The van der Waals surface area contributed by atoms with Crippen LogP contribution in [0.25, 0.3) is 0 Å². The minimum Gasteiger partial charge on any atom is -0.305 e. The van der Waals surface area contributed by atoms with Crippen molar-refractivity contribution in [1.29, 1.82) is 0 Å². The Balaban J connectivity index is 2.89. The number of carbonyl (C=O) groups is 1. The van der Waals surface area contributed by atoms with E-state index in [4.69, 9.17) is 17.4 Å². The Morgan fingerprint density at radius 2 is 2.23 bits per heavy atom. The third-order valence-corrected chi connectivity index (χ3v) is 2.07. The predicted molar refractivity (Wildman–Crippen MR) is 52.5 cm³/mol. The van der Waals surface area contributed by atoms with E-state index in [1.807, 2.05) is 18.4 Å². The van der Waals surface area contributed by atoms with Gasteiger partial charge < -0.3 is 5.32 Å². The Morgan fingerprint density at radius 3 is 2.85 bits per heavy atom. The molecule has 0 saturated carbocycles. The van der Waals surface area contributed by atoms with Gasteiger partial charge in [0.15, 0.2) is 0 Å². The molecule has 5 heteroatoms. The standard InChI is InChI=1S/C8H10ClN3O/c1-5-3-2-4-6(7(5)9)11-8(13)12-10/h2-4H,10H2,1H3,(H2,11,12,13). The molecule has 4 nitrogen and oxygen atoms in total. The molecule has 0 atom stereocenters. The van der Waals surface area contributed by atoms with Gasteiger partial charge in [0.05, 0.1) is 10.7 Å². The molecule has 1 rings (SSSR count). The number of halogens is 1. The highest BCUT2D eigenvalue weighted by atomic mass is 35.5. The van der Waals surface area contributed by atoms with Crippen molar-refractivity contribution < 1.29 is 4.79 Å². The second kappa shape index (κ2) is 4.11. The van der Waals surface area contributed by atoms with Crippen LogP contribution in [0.1, 0.15) is 5.56 Å². The van der Waals surface area contributed by atoms with Crippen LogP contribution in [-0.2, 0) is 0 Å². The summed E-state index contributed by atoms with van der Waals surface area (Å²) in [6.07, 6.45) is 0. The van der Waals surface area contributed by atoms with E-state index in [-0.39, 0.29) is 0 Å². The summed E-state index contributed by atoms with van der Waals surface area (Å²) >= 11 is 5.91. The van der Waals surface area contributed by atoms with Crippen molar-refractivity contribution in [3.8, 4) is 0 Å². The zero-order valence-corrected chi connectivity index (χ0v) is 7.85. The van der Waals surface area contributed by atoms with Gasteiger partial charge in [-0.1, -0.05) is 23.7 Å². The van der Waals surface area contributed by atoms with Crippen molar-refractivity contribution in [3.63, 3.8) is 0 Å². The van der Waals surface area contributed by atoms with Gasteiger partial charge in [0.2, 0.25) is 0 Å². The van der Waals surface area contributed by atoms with Gasteiger partial charge in [0, 0.05) is 0 Å². The number of amides is 2. The topological polar surface area (TPSA) is 67.2 Å². The van der Waals surface area contributed by atoms with Crippen molar-refractivity contribution in [3.05, 3.63) is 28.8 Å². The molecule has 2 amide bonds. The molecule has 0 aliphatic heterocycles. The number of hydrogen-bond acceptors (Lipinski definition) is 2. The third kappa shape index (κ3) is 2.34. The van der Waals surface area contributed by atoms with Crippen LogP contribution in [0.5, 0.6) is 0 Å². The summed E-state index contributed by atoms with van der Waals surface area (Å²) in [6, 6.07) is 4.86. The first-order valence-electron chi connectivity index (χ1n) is 3.68. The average molecular weight is 200 g/mol. The normalized spacial score (nSPS) is 9.46. The van der Waals surface area contributed by atoms with Gasteiger partial charge in [-0.3, -0.25) is 5.43 Å². The molecule has 0 saturated heterocycles. The highest BCUT2D eigenvalue weighted by molar-refractivity contribution is 6.34. The lowest BCUT2D eigenvalue weighted by Gasteiger charge is -2.07. The fraction of sp³-hybridized carbons (Fsp3) is 0.125. The van der Waals surface area contributed by atoms with Crippen LogP contribution >= 0.6 is 11.6 Å². The third-order valence-electron chi connectivity index (χ3n) is 1.57. The minimum absolute atomic E-state index is 0.493. The average Bonchev–Trinajstić information content (AvgIpc) is 2.13. The molecule has 4 N–H and O–H groups in total. The van der Waals surface area contributed by atoms with E-state index in [2.05, 4.69) is 5.32 Å². The summed E-state index contributed by atoms with van der Waals surface area (Å²) in [6.45, 7) is 1.86. The first-order chi connectivity index (χ1) is 6.15. The molecule has 0 aliphatic carbocycles. The molecule has 0 aliphatic rings. The molecule has 0 heterocycles. The zero-order valence-electron chi connectivity index (χ0n) is 7.10. The van der Waals surface area contributed by atoms with Gasteiger partial charge in [0.25, 0.3) is 0 Å². The van der Waals surface area contributed by atoms with E-state index >= 15 is 0 Å². The molecule has 0 radical (unpaired) electrons. The largest absolute Gasteiger partial charge is 0.333 e. The number of nitrogens with two attached hydrogens (primary N) is 1. The van der Waals surface area contributed by atoms with Crippen molar-refractivity contribution >= 4 is 23.3 Å². The highest BCUT2D eigenvalue weighted by Crippen LogP contribution is 2.24. The van der Waals surface area contributed by atoms with Crippen LogP contribution in [0, 0.1) is 6.92 Å². The van der Waals surface area contributed by atoms with Crippen molar-refractivity contribution in [2.75, 3.05) is 5.32 Å². The summed E-state index contributed by atoms with van der Waals surface area (Å²) in [4.78, 5) is 10.8. The molecule has 70 valence electrons. The van der Waals surface area contributed by atoms with Crippen molar-refractivity contribution in [2.45, 2.75) is 6.92 Å². The van der Waals surface area contributed by atoms with Gasteiger partial charge in [-0.05, 0) is 18.6 Å². The Bertz CT molecular complexity index is 327. The second-order valence-electron chi connectivity index (χ2n) is 2.53. The highest BCUT2D eigenvalue weighted by Gasteiger charge is 2.04. The molecule has 0 fully saturated rings. The number of nitrogens with one attached hydrogen (secondary N) is 2. The monoisotopic (exact) mass is 199 g/mol. The molecule has 0 bridgehead atoms. The number of benzene rings is 1. The van der Waals surface area contributed by atoms with Crippen LogP contribution < -0.4 is 16.6 Å². The van der Waals surface area contributed by atoms with Crippen LogP contribution in [0.15, 0.2) is 18.2 Å². The van der Waals surface area contributed by atoms with E-state index in [0.29, 0.717) is 10.7 Å². The Kier molecular flexibility index (Phi) is 3.11. The fourth-order valence-electron chi connectivity index (χ4n) is 0.902. The quantitative estimate of drug-likeness (QED) is 0.366. The first-order valence-corrected chi connectivity index (χ1v) is 4.05. The summed E-state index contributed by atoms with van der Waals surface area (Å²) in [5.74, 6) is 4.90. The minimum atomic E-state index is -0.493. The van der Waals surface area contributed by atoms with E-state index in [9.17, 15) is 4.79 Å². The number of rotatable bonds is 1. The van der Waals surface area contributed by atoms with Gasteiger partial charge in [-0.25, -0.2) is 10.6 Å². The zero-order chi connectivity index (χ0) is 9.84. The summed E-state index contributed by atoms with van der Waals surface area (Å²) in [5, 5.41) is 3.01. The molecule has 0 aromatic heterocycles.